The Morgan fingerprint density at radius 2 is 1.79 bits per heavy atom. The maximum Gasteiger partial charge on any atom is 0.354 e. The van der Waals surface area contributed by atoms with E-state index in [0.717, 1.165) is 0 Å². The molecular formula is C21H14N2O6. The van der Waals surface area contributed by atoms with E-state index < -0.39 is 17.5 Å². The third-order valence-electron chi connectivity index (χ3n) is 3.95. The Kier molecular flexibility index (Phi) is 5.42. The third kappa shape index (κ3) is 4.31. The molecule has 0 atom stereocenters. The zero-order valence-electron chi connectivity index (χ0n) is 15.2. The summed E-state index contributed by atoms with van der Waals surface area (Å²) in [6.45, 7) is 0. The summed E-state index contributed by atoms with van der Waals surface area (Å²) in [4.78, 5) is 35.3. The lowest BCUT2D eigenvalue weighted by atomic mass is 10.1. The molecule has 1 aromatic heterocycles. The molecule has 0 saturated carbocycles. The lowest BCUT2D eigenvalue weighted by Crippen LogP contribution is -2.20. The third-order valence-corrected chi connectivity index (χ3v) is 3.95. The van der Waals surface area contributed by atoms with Gasteiger partial charge in [0.2, 0.25) is 0 Å². The Labute approximate surface area is 164 Å². The van der Waals surface area contributed by atoms with Crippen LogP contribution in [0.25, 0.3) is 17.0 Å². The molecule has 0 aliphatic heterocycles. The number of carbonyl (C=O) groups excluding carboxylic acids is 2. The summed E-state index contributed by atoms with van der Waals surface area (Å²) in [5.74, 6) is -1.08. The number of carbonyl (C=O) groups is 2. The van der Waals surface area contributed by atoms with E-state index >= 15 is 0 Å². The quantitative estimate of drug-likeness (QED) is 0.232. The lowest BCUT2D eigenvalue weighted by molar-refractivity contribution is -0.129. The highest BCUT2D eigenvalue weighted by atomic mass is 16.5. The number of hydrogen-bond donors (Lipinski definition) is 1. The number of nitrogens with two attached hydrogens (primary N) is 1. The minimum absolute atomic E-state index is 0.0633. The number of nitriles is 1. The van der Waals surface area contributed by atoms with Gasteiger partial charge in [0.05, 0.1) is 7.11 Å². The van der Waals surface area contributed by atoms with Gasteiger partial charge in [-0.05, 0) is 42.0 Å². The summed E-state index contributed by atoms with van der Waals surface area (Å²) in [7, 11) is 1.53. The Morgan fingerprint density at radius 1 is 1.10 bits per heavy atom. The number of hydrogen-bond acceptors (Lipinski definition) is 7. The number of fused-ring (bicyclic) bond motifs is 1. The molecule has 0 spiro atoms. The van der Waals surface area contributed by atoms with E-state index in [2.05, 4.69) is 0 Å². The van der Waals surface area contributed by atoms with E-state index in [4.69, 9.17) is 19.6 Å². The van der Waals surface area contributed by atoms with E-state index in [0.29, 0.717) is 16.7 Å². The second kappa shape index (κ2) is 8.10. The molecule has 0 bridgehead atoms. The number of benzene rings is 2. The maximum atomic E-state index is 12.3. The van der Waals surface area contributed by atoms with Crippen molar-refractivity contribution in [2.45, 2.75) is 0 Å². The van der Waals surface area contributed by atoms with Gasteiger partial charge in [-0.15, -0.1) is 0 Å². The maximum absolute atomic E-state index is 12.3. The van der Waals surface area contributed by atoms with E-state index in [1.165, 1.54) is 37.5 Å². The molecule has 1 heterocycles. The number of esters is 1. The van der Waals surface area contributed by atoms with E-state index in [-0.39, 0.29) is 22.5 Å². The van der Waals surface area contributed by atoms with Gasteiger partial charge in [-0.25, -0.2) is 9.59 Å². The molecule has 0 aliphatic rings. The number of amides is 1. The van der Waals surface area contributed by atoms with Crippen LogP contribution >= 0.6 is 0 Å². The molecular weight excluding hydrogens is 376 g/mol. The second-order valence-electron chi connectivity index (χ2n) is 5.84. The highest BCUT2D eigenvalue weighted by Gasteiger charge is 2.15. The Hall–Kier alpha value is -4.38. The SMILES string of the molecule is COc1ccc(/C=C(\C#N)C(=O)Oc2ccc3cc(C(N)=O)c(=O)oc3c2)cc1. The molecule has 2 aromatic carbocycles. The van der Waals surface area contributed by atoms with Gasteiger partial charge in [0.1, 0.15) is 34.3 Å². The van der Waals surface area contributed by atoms with Gasteiger partial charge in [-0.3, -0.25) is 4.79 Å². The van der Waals surface area contributed by atoms with Crippen LogP contribution < -0.4 is 20.8 Å². The molecule has 29 heavy (non-hydrogen) atoms. The van der Waals surface area contributed by atoms with Gasteiger partial charge in [0.15, 0.2) is 0 Å². The molecule has 0 saturated heterocycles. The van der Waals surface area contributed by atoms with E-state index in [1.54, 1.807) is 30.3 Å². The van der Waals surface area contributed by atoms with Crippen LogP contribution in [0.1, 0.15) is 15.9 Å². The number of ether oxygens (including phenoxy) is 2. The first-order chi connectivity index (χ1) is 13.9. The molecule has 0 radical (unpaired) electrons. The Morgan fingerprint density at radius 3 is 2.41 bits per heavy atom. The van der Waals surface area contributed by atoms with E-state index in [1.807, 2.05) is 0 Å². The predicted molar refractivity (Wildman–Crippen MR) is 103 cm³/mol. The van der Waals surface area contributed by atoms with Crippen molar-refractivity contribution in [1.29, 1.82) is 5.26 Å². The minimum Gasteiger partial charge on any atom is -0.497 e. The fraction of sp³-hybridized carbons (Fsp3) is 0.0476. The molecule has 144 valence electrons. The molecule has 0 aliphatic carbocycles. The first-order valence-corrected chi connectivity index (χ1v) is 8.27. The van der Waals surface area contributed by atoms with Crippen molar-refractivity contribution < 1.29 is 23.5 Å². The van der Waals surface area contributed by atoms with Crippen molar-refractivity contribution in [1.82, 2.24) is 0 Å². The van der Waals surface area contributed by atoms with Crippen LogP contribution in [0.3, 0.4) is 0 Å². The van der Waals surface area contributed by atoms with Crippen LogP contribution in [0.4, 0.5) is 0 Å². The highest BCUT2D eigenvalue weighted by molar-refractivity contribution is 5.99. The van der Waals surface area contributed by atoms with Gasteiger partial charge in [0.25, 0.3) is 5.91 Å². The van der Waals surface area contributed by atoms with Gasteiger partial charge in [-0.2, -0.15) is 5.26 Å². The van der Waals surface area contributed by atoms with Crippen molar-refractivity contribution >= 4 is 28.9 Å². The first kappa shape index (κ1) is 19.4. The summed E-state index contributed by atoms with van der Waals surface area (Å²) in [5, 5.41) is 9.70. The van der Waals surface area contributed by atoms with Gasteiger partial charge in [0, 0.05) is 11.5 Å². The monoisotopic (exact) mass is 390 g/mol. The highest BCUT2D eigenvalue weighted by Crippen LogP contribution is 2.22. The topological polar surface area (TPSA) is 133 Å². The fourth-order valence-electron chi connectivity index (χ4n) is 2.49. The van der Waals surface area contributed by atoms with Gasteiger partial charge < -0.3 is 19.6 Å². The van der Waals surface area contributed by atoms with Crippen LogP contribution in [0.15, 0.2) is 63.3 Å². The van der Waals surface area contributed by atoms with Crippen LogP contribution in [0.2, 0.25) is 0 Å². The van der Waals surface area contributed by atoms with Crippen molar-refractivity contribution in [3.8, 4) is 17.6 Å². The van der Waals surface area contributed by atoms with Crippen LogP contribution in [-0.2, 0) is 4.79 Å². The smallest absolute Gasteiger partial charge is 0.354 e. The first-order valence-electron chi connectivity index (χ1n) is 8.27. The van der Waals surface area contributed by atoms with Crippen molar-refractivity contribution in [3.05, 3.63) is 75.7 Å². The number of primary amides is 1. The van der Waals surface area contributed by atoms with Gasteiger partial charge in [-0.1, -0.05) is 12.1 Å². The fourth-order valence-corrected chi connectivity index (χ4v) is 2.49. The van der Waals surface area contributed by atoms with Crippen LogP contribution in [-0.4, -0.2) is 19.0 Å². The normalized spacial score (nSPS) is 11.0. The molecule has 3 aromatic rings. The van der Waals surface area contributed by atoms with Crippen LogP contribution in [0, 0.1) is 11.3 Å². The van der Waals surface area contributed by atoms with Gasteiger partial charge >= 0.3 is 11.6 Å². The number of methoxy groups -OCH3 is 1. The van der Waals surface area contributed by atoms with E-state index in [9.17, 15) is 19.6 Å². The zero-order valence-corrected chi connectivity index (χ0v) is 15.2. The Balaban J connectivity index is 1.86. The summed E-state index contributed by atoms with van der Waals surface area (Å²) < 4.78 is 15.3. The summed E-state index contributed by atoms with van der Waals surface area (Å²) in [6, 6.07) is 14.1. The molecule has 0 unspecified atom stereocenters. The largest absolute Gasteiger partial charge is 0.497 e. The lowest BCUT2D eigenvalue weighted by Gasteiger charge is -2.05. The molecule has 0 fully saturated rings. The average molecular weight is 390 g/mol. The standard InChI is InChI=1S/C21H14N2O6/c1-27-15-5-2-12(3-6-15)8-14(11-22)20(25)28-16-7-4-13-9-17(19(23)24)21(26)29-18(13)10-16/h2-10H,1H3,(H2,23,24)/b14-8+. The summed E-state index contributed by atoms with van der Waals surface area (Å²) in [5.41, 5.74) is 4.43. The summed E-state index contributed by atoms with van der Waals surface area (Å²) in [6.07, 6.45) is 1.38. The summed E-state index contributed by atoms with van der Waals surface area (Å²) >= 11 is 0. The molecule has 3 rings (SSSR count). The van der Waals surface area contributed by atoms with Crippen molar-refractivity contribution in [3.63, 3.8) is 0 Å². The van der Waals surface area contributed by atoms with Crippen molar-refractivity contribution in [2.75, 3.05) is 7.11 Å². The zero-order chi connectivity index (χ0) is 21.0. The Bertz CT molecular complexity index is 1230. The molecule has 8 nitrogen and oxygen atoms in total. The van der Waals surface area contributed by atoms with Crippen LogP contribution in [0.5, 0.6) is 11.5 Å². The molecule has 2 N–H and O–H groups in total. The number of rotatable bonds is 5. The average Bonchev–Trinajstić information content (AvgIpc) is 2.71. The molecule has 8 heteroatoms. The second-order valence-corrected chi connectivity index (χ2v) is 5.84. The molecule has 1 amide bonds. The van der Waals surface area contributed by atoms with Crippen molar-refractivity contribution in [2.24, 2.45) is 5.73 Å². The predicted octanol–water partition coefficient (Wildman–Crippen LogP) is 2.41. The number of nitrogens with zero attached hydrogens (tertiary/aromatic N) is 1. The minimum atomic E-state index is -0.904.